The van der Waals surface area contributed by atoms with Gasteiger partial charge in [-0.2, -0.15) is 0 Å². The number of aliphatic hydroxyl groups excluding tert-OH is 2. The van der Waals surface area contributed by atoms with Crippen LogP contribution < -0.4 is 5.32 Å². The van der Waals surface area contributed by atoms with E-state index in [4.69, 9.17) is 15.6 Å². The quantitative estimate of drug-likeness (QED) is 0.519. The van der Waals surface area contributed by atoms with Gasteiger partial charge >= 0.3 is 11.9 Å². The molecule has 1 rings (SSSR count). The van der Waals surface area contributed by atoms with Crippen LogP contribution in [-0.2, 0) is 28.6 Å². The number of esters is 2. The van der Waals surface area contributed by atoms with Gasteiger partial charge in [-0.3, -0.25) is 14.4 Å². The predicted molar refractivity (Wildman–Crippen MR) is 75.9 cm³/mol. The van der Waals surface area contributed by atoms with Gasteiger partial charge in [0.15, 0.2) is 12.4 Å². The van der Waals surface area contributed by atoms with Gasteiger partial charge in [0.1, 0.15) is 24.9 Å². The minimum Gasteiger partial charge on any atom is -0.463 e. The van der Waals surface area contributed by atoms with E-state index in [0.29, 0.717) is 6.42 Å². The molecule has 0 radical (unpaired) electrons. The molecule has 23 heavy (non-hydrogen) atoms. The van der Waals surface area contributed by atoms with Crippen LogP contribution in [0.1, 0.15) is 35.0 Å². The molecule has 1 aliphatic rings. The Morgan fingerprint density at radius 3 is 2.52 bits per heavy atom. The molecule has 0 aromatic rings. The summed E-state index contributed by atoms with van der Waals surface area (Å²) in [5, 5.41) is 22.7. The third-order valence-corrected chi connectivity index (χ3v) is 3.18. The van der Waals surface area contributed by atoms with Crippen molar-refractivity contribution in [3.8, 4) is 0 Å². The van der Waals surface area contributed by atoms with E-state index >= 15 is 0 Å². The zero-order valence-electron chi connectivity index (χ0n) is 14.1. The van der Waals surface area contributed by atoms with Gasteiger partial charge in [-0.15, -0.1) is 0 Å². The van der Waals surface area contributed by atoms with Crippen LogP contribution in [0.25, 0.3) is 0 Å². The van der Waals surface area contributed by atoms with Crippen LogP contribution in [0.3, 0.4) is 0 Å². The van der Waals surface area contributed by atoms with Gasteiger partial charge in [0.05, 0.1) is 0 Å². The van der Waals surface area contributed by atoms with Crippen LogP contribution in [0.2, 0.25) is 0 Å². The zero-order valence-corrected chi connectivity index (χ0v) is 13.1. The smallest absolute Gasteiger partial charge is 0.303 e. The molecular weight excluding hydrogens is 310 g/mol. The number of ether oxygens (including phenoxy) is 3. The molecule has 132 valence electrons. The molecule has 5 atom stereocenters. The van der Waals surface area contributed by atoms with E-state index < -0.39 is 48.5 Å². The topological polar surface area (TPSA) is 131 Å². The monoisotopic (exact) mass is 334 g/mol. The van der Waals surface area contributed by atoms with E-state index in [1.807, 2.05) is 0 Å². The number of hydrogen-bond donors (Lipinski definition) is 3. The summed E-state index contributed by atoms with van der Waals surface area (Å²) < 4.78 is 22.0. The molecular formula is C14H23NO8. The number of amides is 1. The number of rotatable bonds is 6. The van der Waals surface area contributed by atoms with Gasteiger partial charge in [-0.25, -0.2) is 0 Å². The number of carbonyl (C=O) groups excluding carboxylic acids is 3. The summed E-state index contributed by atoms with van der Waals surface area (Å²) in [7, 11) is 0. The Morgan fingerprint density at radius 1 is 1.26 bits per heavy atom. The van der Waals surface area contributed by atoms with Crippen molar-refractivity contribution < 1.29 is 40.2 Å². The number of aliphatic hydroxyl groups is 2. The Balaban J connectivity index is 2.81. The lowest BCUT2D eigenvalue weighted by molar-refractivity contribution is -0.260. The molecule has 9 nitrogen and oxygen atoms in total. The lowest BCUT2D eigenvalue weighted by Gasteiger charge is -2.42. The Bertz CT molecular complexity index is 460. The van der Waals surface area contributed by atoms with Gasteiger partial charge in [-0.1, -0.05) is 6.90 Å². The first kappa shape index (κ1) is 17.6. The fourth-order valence-electron chi connectivity index (χ4n) is 2.18. The summed E-state index contributed by atoms with van der Waals surface area (Å²) >= 11 is 0. The highest BCUT2D eigenvalue weighted by Gasteiger charge is 2.47. The first-order chi connectivity index (χ1) is 11.3. The van der Waals surface area contributed by atoms with Gasteiger partial charge in [-0.05, 0) is 6.42 Å². The van der Waals surface area contributed by atoms with Gasteiger partial charge in [0.2, 0.25) is 5.91 Å². The lowest BCUT2D eigenvalue weighted by atomic mass is 9.96. The van der Waals surface area contributed by atoms with E-state index in [2.05, 4.69) is 5.32 Å². The van der Waals surface area contributed by atoms with Crippen molar-refractivity contribution in [1.29, 1.82) is 0 Å². The van der Waals surface area contributed by atoms with Crippen molar-refractivity contribution in [1.82, 2.24) is 5.32 Å². The molecule has 1 unspecified atom stereocenters. The molecule has 0 saturated carbocycles. The first-order valence-corrected chi connectivity index (χ1v) is 7.17. The van der Waals surface area contributed by atoms with Crippen molar-refractivity contribution >= 4 is 17.8 Å². The molecule has 1 fully saturated rings. The second-order valence-corrected chi connectivity index (χ2v) is 5.13. The third kappa shape index (κ3) is 5.77. The van der Waals surface area contributed by atoms with Gasteiger partial charge < -0.3 is 29.7 Å². The van der Waals surface area contributed by atoms with Crippen molar-refractivity contribution in [2.45, 2.75) is 64.2 Å². The van der Waals surface area contributed by atoms with Gasteiger partial charge in [0.25, 0.3) is 0 Å². The van der Waals surface area contributed by atoms with Crippen LogP contribution >= 0.6 is 0 Å². The molecule has 1 heterocycles. The van der Waals surface area contributed by atoms with Crippen LogP contribution in [0.15, 0.2) is 0 Å². The van der Waals surface area contributed by atoms with Crippen molar-refractivity contribution in [2.75, 3.05) is 6.61 Å². The summed E-state index contributed by atoms with van der Waals surface area (Å²) in [5.74, 6) is -1.78. The largest absolute Gasteiger partial charge is 0.463 e. The SMILES string of the molecule is [2H]CCCC(=O)N[C@H]1C(O)O[C@H](COC(C)=O)[C@@H](OC(C)=O)[C@@H]1O. The molecule has 0 bridgehead atoms. The molecule has 0 aliphatic carbocycles. The first-order valence-electron chi connectivity index (χ1n) is 7.87. The van der Waals surface area contributed by atoms with Gasteiger partial charge in [0, 0.05) is 21.6 Å². The average molecular weight is 334 g/mol. The Hall–Kier alpha value is -1.71. The summed E-state index contributed by atoms with van der Waals surface area (Å²) in [4.78, 5) is 33.9. The molecule has 1 aliphatic heterocycles. The van der Waals surface area contributed by atoms with E-state index in [1.54, 1.807) is 0 Å². The summed E-state index contributed by atoms with van der Waals surface area (Å²) in [5.41, 5.74) is 0. The molecule has 0 aromatic heterocycles. The van der Waals surface area contributed by atoms with E-state index in [0.717, 1.165) is 6.92 Å². The minimum atomic E-state index is -1.58. The highest BCUT2D eigenvalue weighted by molar-refractivity contribution is 5.76. The highest BCUT2D eigenvalue weighted by atomic mass is 16.7. The second kappa shape index (κ2) is 8.80. The van der Waals surface area contributed by atoms with Crippen LogP contribution in [0.5, 0.6) is 0 Å². The maximum absolute atomic E-state index is 11.7. The maximum atomic E-state index is 11.7. The van der Waals surface area contributed by atoms with Crippen molar-refractivity contribution in [2.24, 2.45) is 0 Å². The Labute approximate surface area is 135 Å². The standard InChI is InChI=1S/C14H23NO8/c1-4-5-10(18)15-11-12(19)13(22-8(3)17)9(23-14(11)20)6-21-7(2)16/h9,11-14,19-20H,4-6H2,1-3H3,(H,15,18)/t9-,11-,12-,13-,14?/m1/s1/i1D. The summed E-state index contributed by atoms with van der Waals surface area (Å²) in [6.45, 7) is 2.04. The number of nitrogens with one attached hydrogen (secondary N) is 1. The second-order valence-electron chi connectivity index (χ2n) is 5.13. The molecule has 0 spiro atoms. The van der Waals surface area contributed by atoms with Crippen LogP contribution in [0, 0.1) is 0 Å². The molecule has 3 N–H and O–H groups in total. The van der Waals surface area contributed by atoms with E-state index in [-0.39, 0.29) is 19.9 Å². The molecule has 9 heteroatoms. The summed E-state index contributed by atoms with van der Waals surface area (Å²) in [6.07, 6.45) is -4.97. The molecule has 1 amide bonds. The fraction of sp³-hybridized carbons (Fsp3) is 0.786. The Kier molecular flexibility index (Phi) is 6.75. The molecule has 1 saturated heterocycles. The fourth-order valence-corrected chi connectivity index (χ4v) is 2.18. The maximum Gasteiger partial charge on any atom is 0.303 e. The third-order valence-electron chi connectivity index (χ3n) is 3.18. The predicted octanol–water partition coefficient (Wildman–Crippen LogP) is -1.16. The average Bonchev–Trinajstić information content (AvgIpc) is 2.50. The molecule has 0 aromatic carbocycles. The van der Waals surface area contributed by atoms with E-state index in [1.165, 1.54) is 6.92 Å². The highest BCUT2D eigenvalue weighted by Crippen LogP contribution is 2.23. The van der Waals surface area contributed by atoms with Crippen LogP contribution in [-0.4, -0.2) is 65.3 Å². The Morgan fingerprint density at radius 2 is 1.96 bits per heavy atom. The van der Waals surface area contributed by atoms with Crippen molar-refractivity contribution in [3.63, 3.8) is 0 Å². The minimum absolute atomic E-state index is 0.0501. The number of hydrogen-bond acceptors (Lipinski definition) is 8. The lowest BCUT2D eigenvalue weighted by Crippen LogP contribution is -2.65. The van der Waals surface area contributed by atoms with Crippen molar-refractivity contribution in [3.05, 3.63) is 0 Å². The number of carbonyl (C=O) groups is 3. The van der Waals surface area contributed by atoms with Crippen LogP contribution in [0.4, 0.5) is 0 Å². The summed E-state index contributed by atoms with van der Waals surface area (Å²) in [6, 6.07) is -1.22. The van der Waals surface area contributed by atoms with E-state index in [9.17, 15) is 24.6 Å². The normalized spacial score (nSPS) is 31.0. The zero-order chi connectivity index (χ0) is 18.3.